The Morgan fingerprint density at radius 2 is 0.784 bits per heavy atom. The van der Waals surface area contributed by atoms with Gasteiger partial charge in [-0.15, -0.1) is 0 Å². The molecule has 0 aromatic heterocycles. The van der Waals surface area contributed by atoms with Crippen LogP contribution in [0.3, 0.4) is 0 Å². The molecule has 4 nitrogen and oxygen atoms in total. The highest BCUT2D eigenvalue weighted by atomic mass is 32.2. The lowest BCUT2D eigenvalue weighted by atomic mass is 9.94. The van der Waals surface area contributed by atoms with E-state index in [9.17, 15) is 0 Å². The van der Waals surface area contributed by atoms with Crippen molar-refractivity contribution in [3.05, 3.63) is 179 Å². The van der Waals surface area contributed by atoms with Crippen LogP contribution in [0.4, 0.5) is 11.4 Å². The van der Waals surface area contributed by atoms with Crippen molar-refractivity contribution >= 4 is 54.5 Å². The molecule has 0 atom stereocenters. The molecule has 7 heteroatoms. The molecular formula is C44H38N4S2Si. The maximum Gasteiger partial charge on any atom is 0.167 e. The minimum atomic E-state index is -2.45. The molecule has 0 amide bonds. The summed E-state index contributed by atoms with van der Waals surface area (Å²) in [6.45, 7) is 4.82. The quantitative estimate of drug-likeness (QED) is 0.121. The zero-order chi connectivity index (χ0) is 34.4. The van der Waals surface area contributed by atoms with Crippen molar-refractivity contribution in [1.82, 2.24) is 8.83 Å². The molecule has 0 bridgehead atoms. The molecule has 0 fully saturated rings. The number of nitrogens with zero attached hydrogens (tertiary/aromatic N) is 2. The molecule has 0 spiro atoms. The average Bonchev–Trinajstić information content (AvgIpc) is 3.90. The molecule has 6 aromatic carbocycles. The van der Waals surface area contributed by atoms with Crippen LogP contribution in [0, 0.1) is 0 Å². The van der Waals surface area contributed by atoms with Crippen molar-refractivity contribution in [3.63, 3.8) is 0 Å². The minimum absolute atomic E-state index is 1.07. The Hall–Kier alpha value is -5.08. The van der Waals surface area contributed by atoms with E-state index in [0.717, 1.165) is 23.5 Å². The van der Waals surface area contributed by atoms with Crippen LogP contribution in [-0.4, -0.2) is 16.9 Å². The van der Waals surface area contributed by atoms with Crippen molar-refractivity contribution in [3.8, 4) is 22.3 Å². The van der Waals surface area contributed by atoms with E-state index in [-0.39, 0.29) is 0 Å². The summed E-state index contributed by atoms with van der Waals surface area (Å²) < 4.78 is 4.86. The number of fused-ring (bicyclic) bond motifs is 2. The molecule has 51 heavy (non-hydrogen) atoms. The first kappa shape index (κ1) is 31.9. The lowest BCUT2D eigenvalue weighted by Crippen LogP contribution is -2.47. The maximum atomic E-state index is 3.94. The third-order valence-electron chi connectivity index (χ3n) is 10.4. The molecule has 250 valence electrons. The number of hydrogen-bond donors (Lipinski definition) is 2. The molecule has 0 radical (unpaired) electrons. The fraction of sp³-hybridized carbons (Fsp3) is 0.0909. The molecule has 3 aliphatic heterocycles. The van der Waals surface area contributed by atoms with Crippen LogP contribution in [0.5, 0.6) is 0 Å². The van der Waals surface area contributed by atoms with Gasteiger partial charge in [-0.2, -0.15) is 0 Å². The van der Waals surface area contributed by atoms with E-state index in [0.29, 0.717) is 0 Å². The van der Waals surface area contributed by atoms with Gasteiger partial charge in [0.2, 0.25) is 0 Å². The topological polar surface area (TPSA) is 30.5 Å². The molecule has 0 saturated heterocycles. The van der Waals surface area contributed by atoms with Gasteiger partial charge >= 0.3 is 0 Å². The van der Waals surface area contributed by atoms with E-state index in [2.05, 4.69) is 191 Å². The van der Waals surface area contributed by atoms with Crippen LogP contribution in [0.15, 0.2) is 178 Å². The molecule has 2 N–H and O–H groups in total. The van der Waals surface area contributed by atoms with Gasteiger partial charge in [0.25, 0.3) is 0 Å². The van der Waals surface area contributed by atoms with E-state index in [1.165, 1.54) is 65.0 Å². The van der Waals surface area contributed by atoms with Crippen LogP contribution in [0.25, 0.3) is 33.4 Å². The predicted molar refractivity (Wildman–Crippen MR) is 220 cm³/mol. The van der Waals surface area contributed by atoms with Crippen molar-refractivity contribution in [2.45, 2.75) is 35.7 Å². The first-order valence-electron chi connectivity index (χ1n) is 17.7. The second kappa shape index (κ2) is 13.2. The number of anilines is 2. The summed E-state index contributed by atoms with van der Waals surface area (Å²) >= 11 is 3.65. The molecule has 3 aliphatic rings. The number of rotatable bonds is 8. The summed E-state index contributed by atoms with van der Waals surface area (Å²) in [4.78, 5) is 2.49. The Balaban J connectivity index is 1.20. The minimum Gasteiger partial charge on any atom is -0.287 e. The molecule has 9 rings (SSSR count). The van der Waals surface area contributed by atoms with E-state index >= 15 is 0 Å². The summed E-state index contributed by atoms with van der Waals surface area (Å²) in [5.74, 6) is 0. The fourth-order valence-electron chi connectivity index (χ4n) is 7.79. The van der Waals surface area contributed by atoms with Gasteiger partial charge in [-0.1, -0.05) is 147 Å². The zero-order valence-electron chi connectivity index (χ0n) is 28.6. The van der Waals surface area contributed by atoms with E-state index < -0.39 is 8.07 Å². The molecule has 6 aromatic rings. The van der Waals surface area contributed by atoms with E-state index in [4.69, 9.17) is 0 Å². The van der Waals surface area contributed by atoms with Crippen molar-refractivity contribution in [2.75, 3.05) is 10.9 Å². The third kappa shape index (κ3) is 5.48. The van der Waals surface area contributed by atoms with Gasteiger partial charge in [0, 0.05) is 45.7 Å². The first-order chi connectivity index (χ1) is 25.2. The monoisotopic (exact) mass is 714 g/mol. The van der Waals surface area contributed by atoms with E-state index in [1.807, 2.05) is 23.9 Å². The standard InChI is InChI=1S/C44H38N4S2Si/c1-3-51(4-2)43(47-45-37-29-35(25-27-39(37)49-47)31-17-9-5-10-18-31)41(33-21-13-7-14-22-33)42(34-23-15-8-16-24-34)44(51)48-46-38-30-36(26-28-40(38)50-48)32-19-11-6-12-20-32/h5-30,45-46H,3-4H2,1-2H3. The van der Waals surface area contributed by atoms with Gasteiger partial charge in [0.15, 0.2) is 8.07 Å². The fourth-order valence-corrected chi connectivity index (χ4v) is 15.3. The Bertz CT molecular complexity index is 2130. The van der Waals surface area contributed by atoms with Crippen LogP contribution in [-0.2, 0) is 0 Å². The van der Waals surface area contributed by atoms with Gasteiger partial charge in [0.05, 0.1) is 21.2 Å². The summed E-state index contributed by atoms with van der Waals surface area (Å²) in [6.07, 6.45) is 0. The first-order valence-corrected chi connectivity index (χ1v) is 21.6. The van der Waals surface area contributed by atoms with Gasteiger partial charge in [-0.25, -0.2) is 8.83 Å². The van der Waals surface area contributed by atoms with Gasteiger partial charge in [0.1, 0.15) is 0 Å². The Kier molecular flexibility index (Phi) is 8.27. The molecular weight excluding hydrogens is 677 g/mol. The Morgan fingerprint density at radius 3 is 1.14 bits per heavy atom. The van der Waals surface area contributed by atoms with Crippen LogP contribution < -0.4 is 10.9 Å². The zero-order valence-corrected chi connectivity index (χ0v) is 31.3. The van der Waals surface area contributed by atoms with E-state index in [1.54, 1.807) is 0 Å². The highest BCUT2D eigenvalue weighted by molar-refractivity contribution is 7.98. The van der Waals surface area contributed by atoms with Crippen molar-refractivity contribution in [2.24, 2.45) is 0 Å². The average molecular weight is 715 g/mol. The smallest absolute Gasteiger partial charge is 0.167 e. The second-order valence-electron chi connectivity index (χ2n) is 13.1. The van der Waals surface area contributed by atoms with Crippen molar-refractivity contribution < 1.29 is 0 Å². The summed E-state index contributed by atoms with van der Waals surface area (Å²) in [7, 11) is -2.45. The predicted octanol–water partition coefficient (Wildman–Crippen LogP) is 12.4. The lowest BCUT2D eigenvalue weighted by molar-refractivity contribution is 0.714. The third-order valence-corrected chi connectivity index (χ3v) is 17.9. The number of allylic oxidation sites excluding steroid dienone is 2. The Morgan fingerprint density at radius 1 is 0.431 bits per heavy atom. The normalized spacial score (nSPS) is 15.9. The van der Waals surface area contributed by atoms with Gasteiger partial charge < -0.3 is 0 Å². The largest absolute Gasteiger partial charge is 0.287 e. The summed E-state index contributed by atoms with van der Waals surface area (Å²) in [5.41, 5.74) is 20.2. The maximum absolute atomic E-state index is 3.94. The number of hydrazine groups is 2. The van der Waals surface area contributed by atoms with Gasteiger partial charge in [-0.05, 0) is 69.7 Å². The second-order valence-corrected chi connectivity index (χ2v) is 19.6. The van der Waals surface area contributed by atoms with Gasteiger partial charge in [-0.3, -0.25) is 10.9 Å². The SMILES string of the molecule is CC[Si]1(CC)C(N2Nc3cc(-c4ccccc4)ccc3S2)=C(c2ccccc2)C(c2ccccc2)=C1N1Nc2cc(-c3ccccc3)ccc2S1. The van der Waals surface area contributed by atoms with Crippen LogP contribution in [0.2, 0.25) is 12.1 Å². The number of nitrogens with one attached hydrogen (secondary N) is 2. The van der Waals surface area contributed by atoms with Crippen LogP contribution >= 0.6 is 23.9 Å². The van der Waals surface area contributed by atoms with Crippen molar-refractivity contribution in [1.29, 1.82) is 0 Å². The Labute approximate surface area is 310 Å². The highest BCUT2D eigenvalue weighted by Crippen LogP contribution is 2.59. The number of hydrogen-bond acceptors (Lipinski definition) is 6. The molecule has 0 unspecified atom stereocenters. The molecule has 0 saturated carbocycles. The summed E-state index contributed by atoms with van der Waals surface area (Å²) in [5, 5.41) is 2.86. The highest BCUT2D eigenvalue weighted by Gasteiger charge is 2.54. The molecule has 3 heterocycles. The number of benzene rings is 6. The summed E-state index contributed by atoms with van der Waals surface area (Å²) in [6, 6.07) is 59.3. The molecule has 0 aliphatic carbocycles. The lowest BCUT2D eigenvalue weighted by Gasteiger charge is -2.38. The van der Waals surface area contributed by atoms with Crippen LogP contribution in [0.1, 0.15) is 25.0 Å².